The van der Waals surface area contributed by atoms with Crippen molar-refractivity contribution in [2.24, 2.45) is 4.99 Å². The maximum Gasteiger partial charge on any atom is 0.135 e. The largest absolute Gasteiger partial charge is 0.326 e. The number of aryl methyl sites for hydroxylation is 3. The topological polar surface area (TPSA) is 30.2 Å². The van der Waals surface area contributed by atoms with Crippen LogP contribution in [-0.2, 0) is 6.54 Å². The summed E-state index contributed by atoms with van der Waals surface area (Å²) in [6, 6.07) is 0.178. The summed E-state index contributed by atoms with van der Waals surface area (Å²) in [6.45, 7) is 16.4. The second-order valence-corrected chi connectivity index (χ2v) is 7.90. The van der Waals surface area contributed by atoms with Gasteiger partial charge >= 0.3 is 0 Å². The molecule has 0 radical (unpaired) electrons. The van der Waals surface area contributed by atoms with Gasteiger partial charge in [-0.25, -0.2) is 4.98 Å². The SMILES string of the molecule is CCn1c(C2N=C(C)SC2C)nc2c(C)c(C)c(C)c(C)c21. The fourth-order valence-electron chi connectivity index (χ4n) is 3.51. The van der Waals surface area contributed by atoms with Crippen molar-refractivity contribution in [3.05, 3.63) is 28.1 Å². The summed E-state index contributed by atoms with van der Waals surface area (Å²) in [5.41, 5.74) is 7.89. The average molecular weight is 315 g/mol. The van der Waals surface area contributed by atoms with Gasteiger partial charge in [0.1, 0.15) is 11.9 Å². The first-order chi connectivity index (χ1) is 10.4. The molecule has 0 bridgehead atoms. The third-order valence-corrected chi connectivity index (χ3v) is 6.17. The molecule has 0 amide bonds. The molecule has 1 aromatic carbocycles. The zero-order chi connectivity index (χ0) is 16.2. The van der Waals surface area contributed by atoms with E-state index >= 15 is 0 Å². The van der Waals surface area contributed by atoms with Crippen molar-refractivity contribution in [2.75, 3.05) is 0 Å². The molecule has 1 aliphatic rings. The van der Waals surface area contributed by atoms with Crippen LogP contribution in [0.5, 0.6) is 0 Å². The Labute approximate surface area is 137 Å². The standard InChI is InChI=1S/C18H25N3S/c1-8-21-17-12(5)10(3)9(2)11(4)15(17)20-18(21)16-13(6)22-14(7)19-16/h13,16H,8H2,1-7H3. The van der Waals surface area contributed by atoms with E-state index in [1.165, 1.54) is 32.8 Å². The zero-order valence-electron chi connectivity index (χ0n) is 14.6. The average Bonchev–Trinajstić information content (AvgIpc) is 3.02. The number of nitrogens with zero attached hydrogens (tertiary/aromatic N) is 3. The predicted molar refractivity (Wildman–Crippen MR) is 97.3 cm³/mol. The summed E-state index contributed by atoms with van der Waals surface area (Å²) in [5, 5.41) is 1.64. The fraction of sp³-hybridized carbons (Fsp3) is 0.556. The fourth-order valence-corrected chi connectivity index (χ4v) is 4.53. The highest BCUT2D eigenvalue weighted by molar-refractivity contribution is 8.14. The van der Waals surface area contributed by atoms with Gasteiger partial charge in [0, 0.05) is 11.8 Å². The number of benzene rings is 1. The molecule has 118 valence electrons. The van der Waals surface area contributed by atoms with Gasteiger partial charge in [-0.2, -0.15) is 0 Å². The Morgan fingerprint density at radius 2 is 1.64 bits per heavy atom. The lowest BCUT2D eigenvalue weighted by Gasteiger charge is -2.15. The molecule has 0 N–H and O–H groups in total. The summed E-state index contributed by atoms with van der Waals surface area (Å²) >= 11 is 1.86. The molecule has 3 nitrogen and oxygen atoms in total. The van der Waals surface area contributed by atoms with E-state index in [0.717, 1.165) is 17.9 Å². The van der Waals surface area contributed by atoms with Crippen LogP contribution in [0.1, 0.15) is 54.9 Å². The van der Waals surface area contributed by atoms with E-state index in [0.29, 0.717) is 5.25 Å². The second kappa shape index (κ2) is 5.41. The molecule has 22 heavy (non-hydrogen) atoms. The molecule has 0 saturated carbocycles. The first-order valence-electron chi connectivity index (χ1n) is 8.04. The van der Waals surface area contributed by atoms with Gasteiger partial charge in [-0.1, -0.05) is 6.92 Å². The molecule has 2 atom stereocenters. The summed E-state index contributed by atoms with van der Waals surface area (Å²) < 4.78 is 2.38. The quantitative estimate of drug-likeness (QED) is 0.790. The number of hydrogen-bond donors (Lipinski definition) is 0. The minimum Gasteiger partial charge on any atom is -0.326 e. The van der Waals surface area contributed by atoms with Crippen LogP contribution >= 0.6 is 11.8 Å². The highest BCUT2D eigenvalue weighted by atomic mass is 32.2. The van der Waals surface area contributed by atoms with Gasteiger partial charge in [0.05, 0.1) is 16.1 Å². The molecule has 0 saturated heterocycles. The van der Waals surface area contributed by atoms with Crippen LogP contribution < -0.4 is 0 Å². The number of imidazole rings is 1. The first kappa shape index (κ1) is 15.6. The van der Waals surface area contributed by atoms with Gasteiger partial charge in [-0.3, -0.25) is 4.99 Å². The van der Waals surface area contributed by atoms with Gasteiger partial charge < -0.3 is 4.57 Å². The highest BCUT2D eigenvalue weighted by Gasteiger charge is 2.31. The molecular formula is C18H25N3S. The monoisotopic (exact) mass is 315 g/mol. The molecule has 0 spiro atoms. The van der Waals surface area contributed by atoms with Crippen molar-refractivity contribution in [1.82, 2.24) is 9.55 Å². The van der Waals surface area contributed by atoms with Gasteiger partial charge in [0.2, 0.25) is 0 Å². The number of aromatic nitrogens is 2. The van der Waals surface area contributed by atoms with Crippen LogP contribution in [0.4, 0.5) is 0 Å². The van der Waals surface area contributed by atoms with Crippen LogP contribution in [0.2, 0.25) is 0 Å². The maximum atomic E-state index is 5.06. The minimum atomic E-state index is 0.178. The van der Waals surface area contributed by atoms with E-state index in [1.807, 2.05) is 11.8 Å². The molecule has 1 aromatic heterocycles. The van der Waals surface area contributed by atoms with Crippen molar-refractivity contribution in [3.63, 3.8) is 0 Å². The molecule has 2 heterocycles. The predicted octanol–water partition coefficient (Wildman–Crippen LogP) is 4.88. The van der Waals surface area contributed by atoms with Crippen LogP contribution in [0.3, 0.4) is 0 Å². The van der Waals surface area contributed by atoms with E-state index in [1.54, 1.807) is 0 Å². The number of aliphatic imine (C=N–C) groups is 1. The minimum absolute atomic E-state index is 0.178. The normalized spacial score (nSPS) is 21.7. The summed E-state index contributed by atoms with van der Waals surface area (Å²) in [4.78, 5) is 9.90. The van der Waals surface area contributed by atoms with E-state index < -0.39 is 0 Å². The maximum absolute atomic E-state index is 5.06. The van der Waals surface area contributed by atoms with E-state index in [2.05, 4.69) is 53.0 Å². The van der Waals surface area contributed by atoms with E-state index in [-0.39, 0.29) is 6.04 Å². The molecule has 2 unspecified atom stereocenters. The molecule has 3 rings (SSSR count). The van der Waals surface area contributed by atoms with Gasteiger partial charge in [-0.15, -0.1) is 11.8 Å². The van der Waals surface area contributed by atoms with E-state index in [9.17, 15) is 0 Å². The molecular weight excluding hydrogens is 290 g/mol. The Hall–Kier alpha value is -1.29. The van der Waals surface area contributed by atoms with Crippen LogP contribution in [0.15, 0.2) is 4.99 Å². The van der Waals surface area contributed by atoms with Crippen LogP contribution in [-0.4, -0.2) is 19.8 Å². The first-order valence-corrected chi connectivity index (χ1v) is 8.92. The van der Waals surface area contributed by atoms with Crippen molar-refractivity contribution < 1.29 is 0 Å². The Balaban J connectivity index is 2.34. The van der Waals surface area contributed by atoms with Crippen molar-refractivity contribution >= 4 is 27.8 Å². The Morgan fingerprint density at radius 1 is 1.00 bits per heavy atom. The number of hydrogen-bond acceptors (Lipinski definition) is 3. The Kier molecular flexibility index (Phi) is 3.84. The molecule has 4 heteroatoms. The van der Waals surface area contributed by atoms with Crippen LogP contribution in [0.25, 0.3) is 11.0 Å². The summed E-state index contributed by atoms with van der Waals surface area (Å²) in [7, 11) is 0. The molecule has 0 fully saturated rings. The number of fused-ring (bicyclic) bond motifs is 1. The summed E-state index contributed by atoms with van der Waals surface area (Å²) in [5.74, 6) is 1.13. The van der Waals surface area contributed by atoms with Gasteiger partial charge in [0.15, 0.2) is 0 Å². The molecule has 1 aliphatic heterocycles. The Morgan fingerprint density at radius 3 is 2.18 bits per heavy atom. The van der Waals surface area contributed by atoms with Crippen LogP contribution in [0, 0.1) is 27.7 Å². The van der Waals surface area contributed by atoms with E-state index in [4.69, 9.17) is 9.98 Å². The smallest absolute Gasteiger partial charge is 0.135 e. The second-order valence-electron chi connectivity index (χ2n) is 6.33. The Bertz CT molecular complexity index is 786. The highest BCUT2D eigenvalue weighted by Crippen LogP contribution is 2.39. The molecule has 0 aliphatic carbocycles. The lowest BCUT2D eigenvalue weighted by molar-refractivity contribution is 0.616. The summed E-state index contributed by atoms with van der Waals surface area (Å²) in [6.07, 6.45) is 0. The zero-order valence-corrected chi connectivity index (χ0v) is 15.4. The van der Waals surface area contributed by atoms with Gasteiger partial charge in [-0.05, 0) is 63.8 Å². The number of rotatable bonds is 2. The van der Waals surface area contributed by atoms with Gasteiger partial charge in [0.25, 0.3) is 0 Å². The lowest BCUT2D eigenvalue weighted by Crippen LogP contribution is -2.12. The van der Waals surface area contributed by atoms with Crippen molar-refractivity contribution in [2.45, 2.75) is 66.3 Å². The lowest BCUT2D eigenvalue weighted by atomic mass is 9.97. The van der Waals surface area contributed by atoms with Crippen molar-refractivity contribution in [1.29, 1.82) is 0 Å². The third kappa shape index (κ3) is 2.11. The van der Waals surface area contributed by atoms with Crippen molar-refractivity contribution in [3.8, 4) is 0 Å². The number of thioether (sulfide) groups is 1. The molecule has 2 aromatic rings. The third-order valence-electron chi connectivity index (χ3n) is 5.10.